The molecule has 13 heavy (non-hydrogen) atoms. The summed E-state index contributed by atoms with van der Waals surface area (Å²) in [4.78, 5) is 0. The summed E-state index contributed by atoms with van der Waals surface area (Å²) in [7, 11) is 0. The molecule has 2 aliphatic rings. The molecule has 1 aliphatic heterocycles. The molecule has 1 heterocycles. The van der Waals surface area contributed by atoms with Crippen LogP contribution in [0.5, 0.6) is 0 Å². The molecule has 0 radical (unpaired) electrons. The van der Waals surface area contributed by atoms with E-state index in [1.807, 2.05) is 0 Å². The second-order valence-electron chi connectivity index (χ2n) is 3.99. The number of halogens is 1. The maximum Gasteiger partial charge on any atom is 0.0603 e. The van der Waals surface area contributed by atoms with Crippen LogP contribution in [-0.4, -0.2) is 25.3 Å². The molecule has 0 unspecified atom stereocenters. The number of piperidine rings is 1. The largest absolute Gasteiger partial charge is 0.375 e. The van der Waals surface area contributed by atoms with Gasteiger partial charge in [0.1, 0.15) is 0 Å². The zero-order valence-electron chi connectivity index (χ0n) is 8.13. The summed E-state index contributed by atoms with van der Waals surface area (Å²) >= 11 is 0. The van der Waals surface area contributed by atoms with Crippen LogP contribution in [0.4, 0.5) is 0 Å². The number of nitrogens with one attached hydrogen (secondary N) is 1. The van der Waals surface area contributed by atoms with Crippen molar-refractivity contribution in [1.29, 1.82) is 0 Å². The first-order chi connectivity index (χ1) is 5.95. The van der Waals surface area contributed by atoms with Gasteiger partial charge in [-0.3, -0.25) is 0 Å². The van der Waals surface area contributed by atoms with Crippen LogP contribution in [0.1, 0.15) is 38.5 Å². The molecule has 1 saturated heterocycles. The third kappa shape index (κ3) is 3.45. The first-order valence-corrected chi connectivity index (χ1v) is 5.31. The van der Waals surface area contributed by atoms with E-state index in [1.54, 1.807) is 0 Å². The molecule has 0 bridgehead atoms. The van der Waals surface area contributed by atoms with Crippen molar-refractivity contribution >= 4 is 12.4 Å². The lowest BCUT2D eigenvalue weighted by Gasteiger charge is -2.26. The van der Waals surface area contributed by atoms with Crippen molar-refractivity contribution in [3.05, 3.63) is 0 Å². The predicted molar refractivity (Wildman–Crippen MR) is 56.5 cm³/mol. The van der Waals surface area contributed by atoms with Crippen molar-refractivity contribution in [2.24, 2.45) is 0 Å². The van der Waals surface area contributed by atoms with Crippen molar-refractivity contribution < 1.29 is 4.74 Å². The summed E-state index contributed by atoms with van der Waals surface area (Å²) in [6.45, 7) is 2.30. The van der Waals surface area contributed by atoms with E-state index in [-0.39, 0.29) is 12.4 Å². The topological polar surface area (TPSA) is 21.3 Å². The highest BCUT2D eigenvalue weighted by Crippen LogP contribution is 2.24. The SMILES string of the molecule is C1CCC(OC2CCNCC2)C1.Cl. The standard InChI is InChI=1S/C10H19NO.ClH/c1-2-4-9(3-1)12-10-5-7-11-8-6-10;/h9-11H,1-8H2;1H. The van der Waals surface area contributed by atoms with Crippen LogP contribution in [0.25, 0.3) is 0 Å². The summed E-state index contributed by atoms with van der Waals surface area (Å²) in [6, 6.07) is 0. The minimum absolute atomic E-state index is 0. The highest BCUT2D eigenvalue weighted by Gasteiger charge is 2.21. The molecule has 0 aromatic heterocycles. The molecular weight excluding hydrogens is 186 g/mol. The van der Waals surface area contributed by atoms with Crippen molar-refractivity contribution in [2.75, 3.05) is 13.1 Å². The van der Waals surface area contributed by atoms with Crippen LogP contribution in [-0.2, 0) is 4.74 Å². The Kier molecular flexibility index (Phi) is 5.07. The van der Waals surface area contributed by atoms with Crippen molar-refractivity contribution in [3.63, 3.8) is 0 Å². The monoisotopic (exact) mass is 205 g/mol. The Hall–Kier alpha value is 0.210. The smallest absolute Gasteiger partial charge is 0.0603 e. The van der Waals surface area contributed by atoms with Crippen molar-refractivity contribution in [3.8, 4) is 0 Å². The lowest BCUT2D eigenvalue weighted by Crippen LogP contribution is -2.34. The van der Waals surface area contributed by atoms with Gasteiger partial charge < -0.3 is 10.1 Å². The molecule has 1 N–H and O–H groups in total. The van der Waals surface area contributed by atoms with E-state index in [4.69, 9.17) is 4.74 Å². The summed E-state index contributed by atoms with van der Waals surface area (Å²) in [5.41, 5.74) is 0. The van der Waals surface area contributed by atoms with Crippen LogP contribution >= 0.6 is 12.4 Å². The Morgan fingerprint density at radius 1 is 0.846 bits per heavy atom. The van der Waals surface area contributed by atoms with Gasteiger partial charge in [-0.2, -0.15) is 0 Å². The second-order valence-corrected chi connectivity index (χ2v) is 3.99. The van der Waals surface area contributed by atoms with Gasteiger partial charge >= 0.3 is 0 Å². The lowest BCUT2D eigenvalue weighted by atomic mass is 10.1. The molecule has 3 heteroatoms. The zero-order chi connectivity index (χ0) is 8.23. The van der Waals surface area contributed by atoms with E-state index in [2.05, 4.69) is 5.32 Å². The maximum atomic E-state index is 6.01. The molecule has 0 amide bonds. The Balaban J connectivity index is 0.000000845. The van der Waals surface area contributed by atoms with Crippen molar-refractivity contribution in [1.82, 2.24) is 5.32 Å². The molecule has 2 fully saturated rings. The fourth-order valence-electron chi connectivity index (χ4n) is 2.23. The minimum Gasteiger partial charge on any atom is -0.375 e. The van der Waals surface area contributed by atoms with Crippen LogP contribution < -0.4 is 5.32 Å². The van der Waals surface area contributed by atoms with Gasteiger partial charge in [0.25, 0.3) is 0 Å². The Morgan fingerprint density at radius 3 is 2.00 bits per heavy atom. The maximum absolute atomic E-state index is 6.01. The molecule has 78 valence electrons. The van der Waals surface area contributed by atoms with Crippen LogP contribution in [0, 0.1) is 0 Å². The summed E-state index contributed by atoms with van der Waals surface area (Å²) in [5.74, 6) is 0. The fraction of sp³-hybridized carbons (Fsp3) is 1.00. The average Bonchev–Trinajstić information content (AvgIpc) is 2.59. The van der Waals surface area contributed by atoms with Gasteiger partial charge in [0, 0.05) is 0 Å². The Morgan fingerprint density at radius 2 is 1.38 bits per heavy atom. The normalized spacial score (nSPS) is 25.8. The summed E-state index contributed by atoms with van der Waals surface area (Å²) in [6.07, 6.45) is 8.99. The third-order valence-electron chi connectivity index (χ3n) is 2.97. The fourth-order valence-corrected chi connectivity index (χ4v) is 2.23. The molecule has 0 aromatic rings. The van der Waals surface area contributed by atoms with E-state index in [0.717, 1.165) is 13.1 Å². The first-order valence-electron chi connectivity index (χ1n) is 5.31. The number of hydrogen-bond donors (Lipinski definition) is 1. The number of ether oxygens (including phenoxy) is 1. The second kappa shape index (κ2) is 5.84. The molecule has 0 aromatic carbocycles. The van der Waals surface area contributed by atoms with Gasteiger partial charge in [0.2, 0.25) is 0 Å². The predicted octanol–water partition coefficient (Wildman–Crippen LogP) is 2.12. The van der Waals surface area contributed by atoms with E-state index in [9.17, 15) is 0 Å². The van der Waals surface area contributed by atoms with Crippen LogP contribution in [0.3, 0.4) is 0 Å². The Labute approximate surface area is 86.8 Å². The molecular formula is C10H20ClNO. The van der Waals surface area contributed by atoms with Gasteiger partial charge in [-0.25, -0.2) is 0 Å². The van der Waals surface area contributed by atoms with Crippen LogP contribution in [0.15, 0.2) is 0 Å². The van der Waals surface area contributed by atoms with Gasteiger partial charge in [0.15, 0.2) is 0 Å². The quantitative estimate of drug-likeness (QED) is 0.746. The molecule has 0 spiro atoms. The Bertz CT molecular complexity index is 131. The van der Waals surface area contributed by atoms with Gasteiger partial charge in [-0.1, -0.05) is 12.8 Å². The van der Waals surface area contributed by atoms with E-state index in [0.29, 0.717) is 12.2 Å². The minimum atomic E-state index is 0. The van der Waals surface area contributed by atoms with Gasteiger partial charge in [-0.05, 0) is 38.8 Å². The number of rotatable bonds is 2. The highest BCUT2D eigenvalue weighted by molar-refractivity contribution is 5.85. The highest BCUT2D eigenvalue weighted by atomic mass is 35.5. The summed E-state index contributed by atoms with van der Waals surface area (Å²) < 4.78 is 6.01. The van der Waals surface area contributed by atoms with Gasteiger partial charge in [-0.15, -0.1) is 12.4 Å². The average molecular weight is 206 g/mol. The molecule has 2 nitrogen and oxygen atoms in total. The van der Waals surface area contributed by atoms with E-state index in [1.165, 1.54) is 38.5 Å². The molecule has 1 saturated carbocycles. The van der Waals surface area contributed by atoms with Crippen molar-refractivity contribution in [2.45, 2.75) is 50.7 Å². The van der Waals surface area contributed by atoms with E-state index < -0.39 is 0 Å². The lowest BCUT2D eigenvalue weighted by molar-refractivity contribution is -0.0223. The third-order valence-corrected chi connectivity index (χ3v) is 2.97. The van der Waals surface area contributed by atoms with Crippen LogP contribution in [0.2, 0.25) is 0 Å². The van der Waals surface area contributed by atoms with E-state index >= 15 is 0 Å². The summed E-state index contributed by atoms with van der Waals surface area (Å²) in [5, 5.41) is 3.36. The molecule has 1 aliphatic carbocycles. The molecule has 0 atom stereocenters. The molecule has 2 rings (SSSR count). The first kappa shape index (κ1) is 11.3. The van der Waals surface area contributed by atoms with Gasteiger partial charge in [0.05, 0.1) is 12.2 Å². The zero-order valence-corrected chi connectivity index (χ0v) is 8.94. The number of hydrogen-bond acceptors (Lipinski definition) is 2.